The molecule has 2 heterocycles. The number of alkyl halides is 1. The van der Waals surface area contributed by atoms with Crippen molar-refractivity contribution >= 4 is 11.6 Å². The van der Waals surface area contributed by atoms with Crippen LogP contribution in [0.1, 0.15) is 31.2 Å². The Labute approximate surface area is 113 Å². The molecule has 0 spiro atoms. The topological polar surface area (TPSA) is 29.9 Å². The summed E-state index contributed by atoms with van der Waals surface area (Å²) in [7, 11) is 1.84. The van der Waals surface area contributed by atoms with Crippen LogP contribution in [0.25, 0.3) is 0 Å². The smallest absolute Gasteiger partial charge is 0.109 e. The zero-order chi connectivity index (χ0) is 13.1. The quantitative estimate of drug-likeness (QED) is 0.914. The first-order valence-corrected chi connectivity index (χ1v) is 7.06. The lowest BCUT2D eigenvalue weighted by molar-refractivity contribution is 0.185. The molecule has 5 heteroatoms. The molecule has 1 N–H and O–H groups in total. The third kappa shape index (κ3) is 2.86. The molecular weight excluding hydrogens is 253 g/mol. The number of aromatic nitrogens is 2. The number of hydrogen-bond donors (Lipinski definition) is 1. The lowest BCUT2D eigenvalue weighted by Crippen LogP contribution is -2.33. The van der Waals surface area contributed by atoms with Gasteiger partial charge in [0.25, 0.3) is 0 Å². The fraction of sp³-hybridized carbons (Fsp3) is 0.769. The minimum absolute atomic E-state index is 0.155. The van der Waals surface area contributed by atoms with E-state index in [0.717, 1.165) is 43.7 Å². The van der Waals surface area contributed by atoms with Gasteiger partial charge >= 0.3 is 0 Å². The van der Waals surface area contributed by atoms with Crippen LogP contribution in [-0.4, -0.2) is 29.0 Å². The van der Waals surface area contributed by atoms with Crippen LogP contribution in [0.4, 0.5) is 4.39 Å². The number of halogens is 2. The van der Waals surface area contributed by atoms with Crippen molar-refractivity contribution in [2.45, 2.75) is 38.8 Å². The third-order valence-electron chi connectivity index (χ3n) is 3.79. The second-order valence-electron chi connectivity index (χ2n) is 4.99. The van der Waals surface area contributed by atoms with Gasteiger partial charge in [-0.3, -0.25) is 4.68 Å². The first-order chi connectivity index (χ1) is 8.63. The molecule has 0 saturated carbocycles. The van der Waals surface area contributed by atoms with Crippen LogP contribution in [0.2, 0.25) is 5.02 Å². The van der Waals surface area contributed by atoms with Crippen molar-refractivity contribution in [2.24, 2.45) is 13.0 Å². The molecule has 0 bridgehead atoms. The van der Waals surface area contributed by atoms with Crippen molar-refractivity contribution in [3.63, 3.8) is 0 Å². The average Bonchev–Trinajstić information content (AvgIpc) is 2.67. The summed E-state index contributed by atoms with van der Waals surface area (Å²) in [5.41, 5.74) is 1.70. The largest absolute Gasteiger partial charge is 0.317 e. The summed E-state index contributed by atoms with van der Waals surface area (Å²) < 4.78 is 16.1. The zero-order valence-electron chi connectivity index (χ0n) is 11.0. The highest BCUT2D eigenvalue weighted by atomic mass is 35.5. The van der Waals surface area contributed by atoms with Gasteiger partial charge in [0.2, 0.25) is 0 Å². The molecule has 1 aliphatic rings. The molecule has 1 unspecified atom stereocenters. The van der Waals surface area contributed by atoms with Crippen molar-refractivity contribution in [3.05, 3.63) is 16.4 Å². The number of piperidine rings is 1. The molecule has 3 nitrogen and oxygen atoms in total. The van der Waals surface area contributed by atoms with Crippen molar-refractivity contribution in [1.82, 2.24) is 15.1 Å². The monoisotopic (exact) mass is 273 g/mol. The van der Waals surface area contributed by atoms with Crippen LogP contribution in [-0.2, 0) is 19.9 Å². The standard InChI is InChI=1S/C13H21ClFN3/c1-3-11-13(14)12(18(2)17-11)8-10(15)9-4-6-16-7-5-9/h9-10,16H,3-8H2,1-2H3. The maximum atomic E-state index is 14.3. The van der Waals surface area contributed by atoms with E-state index in [2.05, 4.69) is 10.4 Å². The Hall–Kier alpha value is -0.610. The molecule has 1 atom stereocenters. The van der Waals surface area contributed by atoms with Crippen molar-refractivity contribution in [3.8, 4) is 0 Å². The first-order valence-electron chi connectivity index (χ1n) is 6.68. The highest BCUT2D eigenvalue weighted by Crippen LogP contribution is 2.27. The zero-order valence-corrected chi connectivity index (χ0v) is 11.8. The molecular formula is C13H21ClFN3. The lowest BCUT2D eigenvalue weighted by Gasteiger charge is -2.25. The van der Waals surface area contributed by atoms with E-state index in [1.54, 1.807) is 4.68 Å². The SMILES string of the molecule is CCc1nn(C)c(CC(F)C2CCNCC2)c1Cl. The fourth-order valence-electron chi connectivity index (χ4n) is 2.60. The molecule has 1 aliphatic heterocycles. The van der Waals surface area contributed by atoms with Gasteiger partial charge in [0, 0.05) is 13.5 Å². The summed E-state index contributed by atoms with van der Waals surface area (Å²) in [5, 5.41) is 8.24. The van der Waals surface area contributed by atoms with Crippen molar-refractivity contribution in [1.29, 1.82) is 0 Å². The second-order valence-corrected chi connectivity index (χ2v) is 5.37. The molecule has 1 fully saturated rings. The van der Waals surface area contributed by atoms with Crippen molar-refractivity contribution < 1.29 is 4.39 Å². The molecule has 18 heavy (non-hydrogen) atoms. The van der Waals surface area contributed by atoms with Crippen LogP contribution in [0, 0.1) is 5.92 Å². The Bertz CT molecular complexity index is 399. The van der Waals surface area contributed by atoms with Crippen molar-refractivity contribution in [2.75, 3.05) is 13.1 Å². The average molecular weight is 274 g/mol. The number of nitrogens with zero attached hydrogens (tertiary/aromatic N) is 2. The molecule has 2 rings (SSSR count). The Morgan fingerprint density at radius 1 is 1.50 bits per heavy atom. The summed E-state index contributed by atoms with van der Waals surface area (Å²) in [5.74, 6) is 0.155. The van der Waals surface area contributed by atoms with E-state index in [4.69, 9.17) is 11.6 Å². The van der Waals surface area contributed by atoms with E-state index in [1.165, 1.54) is 0 Å². The van der Waals surface area contributed by atoms with Crippen LogP contribution in [0.15, 0.2) is 0 Å². The van der Waals surface area contributed by atoms with Crippen LogP contribution < -0.4 is 5.32 Å². The van der Waals surface area contributed by atoms with E-state index >= 15 is 0 Å². The van der Waals surface area contributed by atoms with E-state index in [9.17, 15) is 4.39 Å². The first kappa shape index (κ1) is 13.8. The molecule has 0 aromatic carbocycles. The lowest BCUT2D eigenvalue weighted by atomic mass is 9.90. The molecule has 0 aliphatic carbocycles. The van der Waals surface area contributed by atoms with Gasteiger partial charge in [-0.15, -0.1) is 0 Å². The summed E-state index contributed by atoms with van der Waals surface area (Å²) in [4.78, 5) is 0. The number of rotatable bonds is 4. The summed E-state index contributed by atoms with van der Waals surface area (Å²) >= 11 is 6.25. The minimum atomic E-state index is -0.815. The van der Waals surface area contributed by atoms with Gasteiger partial charge in [-0.1, -0.05) is 18.5 Å². The maximum Gasteiger partial charge on any atom is 0.109 e. The molecule has 0 radical (unpaired) electrons. The molecule has 1 aromatic rings. The van der Waals surface area contributed by atoms with Gasteiger partial charge in [0.1, 0.15) is 6.17 Å². The van der Waals surface area contributed by atoms with E-state index in [0.29, 0.717) is 11.4 Å². The van der Waals surface area contributed by atoms with Gasteiger partial charge in [0.05, 0.1) is 16.4 Å². The molecule has 1 aromatic heterocycles. The summed E-state index contributed by atoms with van der Waals surface area (Å²) in [6.45, 7) is 3.85. The predicted molar refractivity (Wildman–Crippen MR) is 71.8 cm³/mol. The highest BCUT2D eigenvalue weighted by Gasteiger charge is 2.26. The third-order valence-corrected chi connectivity index (χ3v) is 4.22. The van der Waals surface area contributed by atoms with Gasteiger partial charge < -0.3 is 5.32 Å². The fourth-order valence-corrected chi connectivity index (χ4v) is 2.97. The minimum Gasteiger partial charge on any atom is -0.317 e. The molecule has 0 amide bonds. The Balaban J connectivity index is 2.06. The highest BCUT2D eigenvalue weighted by molar-refractivity contribution is 6.31. The van der Waals surface area contributed by atoms with Gasteiger partial charge in [0.15, 0.2) is 0 Å². The number of aryl methyl sites for hydroxylation is 2. The van der Waals surface area contributed by atoms with E-state index < -0.39 is 6.17 Å². The van der Waals surface area contributed by atoms with Gasteiger partial charge in [-0.05, 0) is 38.3 Å². The summed E-state index contributed by atoms with van der Waals surface area (Å²) in [6.07, 6.45) is 2.18. The molecule has 1 saturated heterocycles. The van der Waals surface area contributed by atoms with Gasteiger partial charge in [-0.2, -0.15) is 5.10 Å². The number of nitrogens with one attached hydrogen (secondary N) is 1. The van der Waals surface area contributed by atoms with Crippen LogP contribution in [0.5, 0.6) is 0 Å². The number of hydrogen-bond acceptors (Lipinski definition) is 2. The van der Waals surface area contributed by atoms with E-state index in [1.807, 2.05) is 14.0 Å². The Morgan fingerprint density at radius 3 is 2.72 bits per heavy atom. The predicted octanol–water partition coefficient (Wildman–Crippen LogP) is 2.52. The second kappa shape index (κ2) is 6.02. The normalized spacial score (nSPS) is 19.1. The molecule has 102 valence electrons. The summed E-state index contributed by atoms with van der Waals surface area (Å²) in [6, 6.07) is 0. The van der Waals surface area contributed by atoms with E-state index in [-0.39, 0.29) is 5.92 Å². The van der Waals surface area contributed by atoms with Crippen LogP contribution >= 0.6 is 11.6 Å². The Kier molecular flexibility index (Phi) is 4.62. The Morgan fingerprint density at radius 2 is 2.17 bits per heavy atom. The maximum absolute atomic E-state index is 14.3. The van der Waals surface area contributed by atoms with Crippen LogP contribution in [0.3, 0.4) is 0 Å². The van der Waals surface area contributed by atoms with Gasteiger partial charge in [-0.25, -0.2) is 4.39 Å².